The molecule has 0 heterocycles. The molecule has 0 aromatic heterocycles. The molecule has 1 aromatic rings. The maximum atomic E-state index is 10.7. The van der Waals surface area contributed by atoms with Crippen molar-refractivity contribution >= 4 is 20.2 Å². The average molecular weight is 825 g/mol. The summed E-state index contributed by atoms with van der Waals surface area (Å²) in [6, 6.07) is 7.77. The fourth-order valence-electron chi connectivity index (χ4n) is 5.23. The third-order valence-corrected chi connectivity index (χ3v) is 10.2. The van der Waals surface area contributed by atoms with E-state index in [0.717, 1.165) is 50.2 Å². The van der Waals surface area contributed by atoms with Crippen molar-refractivity contribution in [3.05, 3.63) is 29.8 Å². The van der Waals surface area contributed by atoms with E-state index < -0.39 is 20.2 Å². The van der Waals surface area contributed by atoms with Crippen molar-refractivity contribution in [1.29, 1.82) is 0 Å². The SMILES string of the molecule is CCCCCCCCOCC(COCCCCCCCC)OCCCCS(=O)(=O)[O-].CCCCOCC(COc1ccc(C)cc1)OCCCCS(=O)(=O)[O-]. The third-order valence-electron chi connectivity index (χ3n) is 8.58. The molecule has 1 atom stereocenters. The van der Waals surface area contributed by atoms with Crippen LogP contribution >= 0.6 is 0 Å². The number of rotatable bonds is 38. The van der Waals surface area contributed by atoms with Crippen molar-refractivity contribution in [3.63, 3.8) is 0 Å². The Bertz CT molecular complexity index is 1160. The summed E-state index contributed by atoms with van der Waals surface area (Å²) in [6.07, 6.45) is 18.2. The summed E-state index contributed by atoms with van der Waals surface area (Å²) in [6.45, 7) is 13.2. The lowest BCUT2D eigenvalue weighted by Gasteiger charge is -2.19. The van der Waals surface area contributed by atoms with Gasteiger partial charge in [0, 0.05) is 44.5 Å². The summed E-state index contributed by atoms with van der Waals surface area (Å²) in [4.78, 5) is 0. The van der Waals surface area contributed by atoms with Crippen molar-refractivity contribution in [2.45, 2.75) is 155 Å². The largest absolute Gasteiger partial charge is 0.748 e. The molecule has 0 spiro atoms. The quantitative estimate of drug-likeness (QED) is 0.0462. The van der Waals surface area contributed by atoms with Crippen LogP contribution in [0.15, 0.2) is 24.3 Å². The van der Waals surface area contributed by atoms with Crippen molar-refractivity contribution < 1.29 is 54.4 Å². The number of ether oxygens (including phenoxy) is 6. The van der Waals surface area contributed by atoms with Crippen LogP contribution in [-0.4, -0.2) is 109 Å². The number of hydrogen-bond donors (Lipinski definition) is 0. The number of benzene rings is 1. The monoisotopic (exact) mass is 824 g/mol. The Morgan fingerprint density at radius 3 is 1.25 bits per heavy atom. The number of unbranched alkanes of at least 4 members (excludes halogenated alkanes) is 13. The first-order valence-electron chi connectivity index (χ1n) is 20.9. The molecular weight excluding hydrogens is 749 g/mol. The first-order valence-corrected chi connectivity index (χ1v) is 24.1. The van der Waals surface area contributed by atoms with Crippen LogP contribution in [0, 0.1) is 6.92 Å². The Labute approximate surface area is 335 Å². The zero-order valence-corrected chi connectivity index (χ0v) is 36.3. The zero-order valence-electron chi connectivity index (χ0n) is 34.7. The van der Waals surface area contributed by atoms with Gasteiger partial charge >= 0.3 is 0 Å². The smallest absolute Gasteiger partial charge is 0.119 e. The molecule has 1 rings (SSSR count). The van der Waals surface area contributed by atoms with E-state index in [1.165, 1.54) is 64.2 Å². The van der Waals surface area contributed by atoms with Crippen molar-refractivity contribution in [2.24, 2.45) is 0 Å². The summed E-state index contributed by atoms with van der Waals surface area (Å²) in [7, 11) is -8.29. The molecule has 0 bridgehead atoms. The van der Waals surface area contributed by atoms with E-state index >= 15 is 0 Å². The second-order valence-corrected chi connectivity index (χ2v) is 17.2. The lowest BCUT2D eigenvalue weighted by Crippen LogP contribution is -2.28. The Morgan fingerprint density at radius 2 is 0.836 bits per heavy atom. The molecule has 0 fully saturated rings. The van der Waals surface area contributed by atoms with Gasteiger partial charge in [-0.1, -0.05) is 109 Å². The topological polar surface area (TPSA) is 170 Å². The molecule has 12 nitrogen and oxygen atoms in total. The van der Waals surface area contributed by atoms with Crippen molar-refractivity contribution in [3.8, 4) is 5.75 Å². The highest BCUT2D eigenvalue weighted by molar-refractivity contribution is 7.85. The molecule has 326 valence electrons. The van der Waals surface area contributed by atoms with E-state index in [1.807, 2.05) is 31.2 Å². The van der Waals surface area contributed by atoms with Crippen molar-refractivity contribution in [1.82, 2.24) is 0 Å². The molecule has 1 unspecified atom stereocenters. The maximum absolute atomic E-state index is 10.7. The highest BCUT2D eigenvalue weighted by Gasteiger charge is 2.12. The van der Waals surface area contributed by atoms with Gasteiger partial charge in [-0.15, -0.1) is 0 Å². The van der Waals surface area contributed by atoms with Crippen LogP contribution in [0.3, 0.4) is 0 Å². The molecule has 0 saturated carbocycles. The molecule has 55 heavy (non-hydrogen) atoms. The minimum Gasteiger partial charge on any atom is -0.748 e. The van der Waals surface area contributed by atoms with Crippen LogP contribution in [0.4, 0.5) is 0 Å². The fraction of sp³-hybridized carbons (Fsp3) is 0.854. The predicted molar refractivity (Wildman–Crippen MR) is 218 cm³/mol. The summed E-state index contributed by atoms with van der Waals surface area (Å²) in [5.41, 5.74) is 1.16. The average Bonchev–Trinajstić information content (AvgIpc) is 3.13. The number of aryl methyl sites for hydroxylation is 1. The van der Waals surface area contributed by atoms with Crippen LogP contribution in [0.1, 0.15) is 142 Å². The van der Waals surface area contributed by atoms with Crippen molar-refractivity contribution in [2.75, 3.05) is 71.0 Å². The Balaban J connectivity index is 0.00000108. The van der Waals surface area contributed by atoms with Gasteiger partial charge in [0.15, 0.2) is 0 Å². The Morgan fingerprint density at radius 1 is 0.473 bits per heavy atom. The van der Waals surface area contributed by atoms with E-state index in [-0.39, 0.29) is 23.7 Å². The molecule has 0 saturated heterocycles. The normalized spacial score (nSPS) is 12.5. The van der Waals surface area contributed by atoms with Gasteiger partial charge in [-0.3, -0.25) is 0 Å². The van der Waals surface area contributed by atoms with Gasteiger partial charge in [0.2, 0.25) is 0 Å². The fourth-order valence-corrected chi connectivity index (χ4v) is 6.35. The lowest BCUT2D eigenvalue weighted by molar-refractivity contribution is -0.0613. The van der Waals surface area contributed by atoms with Crippen LogP contribution in [0.5, 0.6) is 5.75 Å². The standard InChI is InChI=1S/C23H48O6S.C18H30O6S/c1-3-5-7-9-11-13-17-27-21-23(29-19-15-16-20-30(24,25)26)22-28-18-14-12-10-8-6-4-2;1-3-4-11-22-14-18(23-12-5-6-13-25(19,20)21)15-24-17-9-7-16(2)8-10-17/h23H,3-22H2,1-2H3,(H,24,25,26);7-10,18H,3-6,11-15H2,1-2H3,(H,19,20,21)/p-2. The van der Waals surface area contributed by atoms with Crippen LogP contribution in [0.25, 0.3) is 0 Å². The summed E-state index contributed by atoms with van der Waals surface area (Å²) >= 11 is 0. The third kappa shape index (κ3) is 40.6. The molecular formula is C41H76O12S2-2. The highest BCUT2D eigenvalue weighted by Crippen LogP contribution is 2.13. The van der Waals surface area contributed by atoms with Gasteiger partial charge in [0.25, 0.3) is 0 Å². The summed E-state index contributed by atoms with van der Waals surface area (Å²) < 4.78 is 98.2. The molecule has 0 aliphatic rings. The van der Waals surface area contributed by atoms with E-state index in [0.29, 0.717) is 71.9 Å². The molecule has 0 amide bonds. The van der Waals surface area contributed by atoms with E-state index in [9.17, 15) is 25.9 Å². The molecule has 0 aliphatic carbocycles. The van der Waals surface area contributed by atoms with Gasteiger partial charge in [0.1, 0.15) is 24.6 Å². The second-order valence-electron chi connectivity index (χ2n) is 14.2. The number of hydrogen-bond acceptors (Lipinski definition) is 12. The van der Waals surface area contributed by atoms with E-state index in [2.05, 4.69) is 20.8 Å². The minimum absolute atomic E-state index is 0.144. The van der Waals surface area contributed by atoms with Gasteiger partial charge < -0.3 is 37.5 Å². The highest BCUT2D eigenvalue weighted by atomic mass is 32.2. The van der Waals surface area contributed by atoms with E-state index in [1.54, 1.807) is 0 Å². The predicted octanol–water partition coefficient (Wildman–Crippen LogP) is 8.35. The minimum atomic E-state index is -4.15. The van der Waals surface area contributed by atoms with Crippen LogP contribution in [-0.2, 0) is 43.9 Å². The lowest BCUT2D eigenvalue weighted by atomic mass is 10.1. The molecule has 0 N–H and O–H groups in total. The molecule has 0 radical (unpaired) electrons. The van der Waals surface area contributed by atoms with Gasteiger partial charge in [0.05, 0.1) is 40.1 Å². The summed E-state index contributed by atoms with van der Waals surface area (Å²) in [5, 5.41) is 0. The van der Waals surface area contributed by atoms with E-state index in [4.69, 9.17) is 28.4 Å². The zero-order chi connectivity index (χ0) is 40.9. The van der Waals surface area contributed by atoms with Crippen LogP contribution in [0.2, 0.25) is 0 Å². The van der Waals surface area contributed by atoms with Gasteiger partial charge in [-0.2, -0.15) is 0 Å². The first-order chi connectivity index (χ1) is 26.4. The Kier molecular flexibility index (Phi) is 36.0. The van der Waals surface area contributed by atoms with Gasteiger partial charge in [-0.25, -0.2) is 16.8 Å². The Hall–Kier alpha value is -1.36. The van der Waals surface area contributed by atoms with Gasteiger partial charge in [-0.05, 0) is 64.0 Å². The van der Waals surface area contributed by atoms with Crippen LogP contribution < -0.4 is 4.74 Å². The molecule has 0 aliphatic heterocycles. The molecule has 14 heteroatoms. The second kappa shape index (κ2) is 36.9. The maximum Gasteiger partial charge on any atom is 0.119 e. The summed E-state index contributed by atoms with van der Waals surface area (Å²) in [5.74, 6) is 0.0862. The molecule has 1 aromatic carbocycles. The first kappa shape index (κ1) is 53.6.